The number of unbranched alkanes of at least 4 members (excludes halogenated alkanes) is 3. The summed E-state index contributed by atoms with van der Waals surface area (Å²) in [6.07, 6.45) is 10.1. The molecule has 0 aliphatic heterocycles. The van der Waals surface area contributed by atoms with Gasteiger partial charge in [-0.2, -0.15) is 0 Å². The van der Waals surface area contributed by atoms with Gasteiger partial charge in [0.1, 0.15) is 6.10 Å². The molecular weight excluding hydrogens is 382 g/mol. The SMILES string of the molecule is CCOC(=O)CCCCCCC(CCCC(CCCC(C)(C)C)OC(C)=O)C(N)=O. The second-order valence-corrected chi connectivity index (χ2v) is 9.47. The van der Waals surface area contributed by atoms with Crippen LogP contribution in [-0.2, 0) is 23.9 Å². The third-order valence-corrected chi connectivity index (χ3v) is 5.26. The topological polar surface area (TPSA) is 95.7 Å². The number of carbonyl (C=O) groups is 3. The Morgan fingerprint density at radius 1 is 0.867 bits per heavy atom. The van der Waals surface area contributed by atoms with Crippen LogP contribution in [0, 0.1) is 11.3 Å². The first-order valence-electron chi connectivity index (χ1n) is 11.7. The smallest absolute Gasteiger partial charge is 0.305 e. The van der Waals surface area contributed by atoms with Crippen LogP contribution in [0.1, 0.15) is 112 Å². The van der Waals surface area contributed by atoms with Gasteiger partial charge in [0.2, 0.25) is 5.91 Å². The molecule has 6 heteroatoms. The van der Waals surface area contributed by atoms with E-state index >= 15 is 0 Å². The number of hydrogen-bond donors (Lipinski definition) is 1. The quantitative estimate of drug-likeness (QED) is 0.251. The van der Waals surface area contributed by atoms with E-state index in [2.05, 4.69) is 20.8 Å². The zero-order valence-corrected chi connectivity index (χ0v) is 20.0. The van der Waals surface area contributed by atoms with Gasteiger partial charge in [0.05, 0.1) is 6.61 Å². The fourth-order valence-electron chi connectivity index (χ4n) is 3.62. The molecule has 0 bridgehead atoms. The summed E-state index contributed by atoms with van der Waals surface area (Å²) in [4.78, 5) is 34.5. The molecule has 1 amide bonds. The number of amides is 1. The first-order chi connectivity index (χ1) is 14.0. The van der Waals surface area contributed by atoms with Crippen molar-refractivity contribution in [2.45, 2.75) is 118 Å². The molecule has 0 aromatic rings. The number of primary amides is 1. The second-order valence-electron chi connectivity index (χ2n) is 9.47. The monoisotopic (exact) mass is 427 g/mol. The summed E-state index contributed by atoms with van der Waals surface area (Å²) < 4.78 is 10.4. The molecule has 2 atom stereocenters. The minimum atomic E-state index is -0.252. The van der Waals surface area contributed by atoms with Crippen molar-refractivity contribution >= 4 is 17.8 Å². The summed E-state index contributed by atoms with van der Waals surface area (Å²) in [6.45, 7) is 10.3. The summed E-state index contributed by atoms with van der Waals surface area (Å²) in [5.41, 5.74) is 5.86. The minimum absolute atomic E-state index is 0.0822. The van der Waals surface area contributed by atoms with Crippen molar-refractivity contribution in [1.29, 1.82) is 0 Å². The number of rotatable bonds is 17. The lowest BCUT2D eigenvalue weighted by Crippen LogP contribution is -2.24. The first kappa shape index (κ1) is 28.4. The van der Waals surface area contributed by atoms with E-state index in [1.165, 1.54) is 6.92 Å². The summed E-state index contributed by atoms with van der Waals surface area (Å²) in [7, 11) is 0. The molecule has 0 fully saturated rings. The average molecular weight is 428 g/mol. The Morgan fingerprint density at radius 3 is 2.03 bits per heavy atom. The standard InChI is InChI=1S/C24H45NO5/c1-6-29-22(27)17-10-8-7-9-13-20(23(25)28)14-11-15-21(30-19(2)26)16-12-18-24(3,4)5/h20-21H,6-18H2,1-5H3,(H2,25,28). The molecule has 0 saturated heterocycles. The second kappa shape index (κ2) is 16.1. The average Bonchev–Trinajstić information content (AvgIpc) is 2.61. The molecular formula is C24H45NO5. The largest absolute Gasteiger partial charge is 0.466 e. The predicted molar refractivity (Wildman–Crippen MR) is 120 cm³/mol. The maximum absolute atomic E-state index is 11.8. The summed E-state index contributed by atoms with van der Waals surface area (Å²) >= 11 is 0. The van der Waals surface area contributed by atoms with Crippen LogP contribution < -0.4 is 5.73 Å². The predicted octanol–water partition coefficient (Wildman–Crippen LogP) is 5.31. The highest BCUT2D eigenvalue weighted by atomic mass is 16.5. The molecule has 0 aromatic heterocycles. The zero-order chi connectivity index (χ0) is 23.0. The lowest BCUT2D eigenvalue weighted by atomic mass is 9.88. The molecule has 0 aromatic carbocycles. The van der Waals surface area contributed by atoms with Crippen molar-refractivity contribution in [1.82, 2.24) is 0 Å². The molecule has 0 radical (unpaired) electrons. The van der Waals surface area contributed by atoms with Crippen LogP contribution in [0.25, 0.3) is 0 Å². The highest BCUT2D eigenvalue weighted by molar-refractivity contribution is 5.76. The maximum atomic E-state index is 11.8. The van der Waals surface area contributed by atoms with E-state index in [9.17, 15) is 14.4 Å². The Labute approximate surface area is 183 Å². The molecule has 0 rings (SSSR count). The first-order valence-corrected chi connectivity index (χ1v) is 11.7. The molecule has 0 aliphatic rings. The Bertz CT molecular complexity index is 498. The van der Waals surface area contributed by atoms with Gasteiger partial charge in [-0.1, -0.05) is 40.0 Å². The van der Waals surface area contributed by atoms with Gasteiger partial charge in [0, 0.05) is 19.3 Å². The maximum Gasteiger partial charge on any atom is 0.305 e. The molecule has 30 heavy (non-hydrogen) atoms. The number of esters is 2. The number of carbonyl (C=O) groups excluding carboxylic acids is 3. The van der Waals surface area contributed by atoms with Gasteiger partial charge >= 0.3 is 11.9 Å². The van der Waals surface area contributed by atoms with Crippen LogP contribution in [-0.4, -0.2) is 30.6 Å². The van der Waals surface area contributed by atoms with Crippen molar-refractivity contribution in [3.63, 3.8) is 0 Å². The molecule has 0 spiro atoms. The number of hydrogen-bond acceptors (Lipinski definition) is 5. The lowest BCUT2D eigenvalue weighted by molar-refractivity contribution is -0.147. The molecule has 2 N–H and O–H groups in total. The van der Waals surface area contributed by atoms with Crippen molar-refractivity contribution in [3.8, 4) is 0 Å². The van der Waals surface area contributed by atoms with Crippen molar-refractivity contribution < 1.29 is 23.9 Å². The van der Waals surface area contributed by atoms with Crippen LogP contribution in [0.4, 0.5) is 0 Å². The highest BCUT2D eigenvalue weighted by Gasteiger charge is 2.19. The zero-order valence-electron chi connectivity index (χ0n) is 20.0. The van der Waals surface area contributed by atoms with Crippen LogP contribution in [0.2, 0.25) is 0 Å². The van der Waals surface area contributed by atoms with E-state index in [0.29, 0.717) is 13.0 Å². The third-order valence-electron chi connectivity index (χ3n) is 5.26. The number of nitrogens with two attached hydrogens (primary N) is 1. The van der Waals surface area contributed by atoms with Gasteiger partial charge in [-0.05, 0) is 63.7 Å². The lowest BCUT2D eigenvalue weighted by Gasteiger charge is -2.22. The van der Waals surface area contributed by atoms with Crippen LogP contribution in [0.15, 0.2) is 0 Å². The summed E-state index contributed by atoms with van der Waals surface area (Å²) in [5.74, 6) is -0.775. The van der Waals surface area contributed by atoms with Gasteiger partial charge in [-0.15, -0.1) is 0 Å². The minimum Gasteiger partial charge on any atom is -0.466 e. The molecule has 176 valence electrons. The molecule has 6 nitrogen and oxygen atoms in total. The van der Waals surface area contributed by atoms with Crippen molar-refractivity contribution in [2.75, 3.05) is 6.61 Å². The molecule has 0 saturated carbocycles. The van der Waals surface area contributed by atoms with Crippen molar-refractivity contribution in [3.05, 3.63) is 0 Å². The van der Waals surface area contributed by atoms with Gasteiger partial charge in [0.15, 0.2) is 0 Å². The Hall–Kier alpha value is -1.59. The molecule has 0 aliphatic carbocycles. The Morgan fingerprint density at radius 2 is 1.47 bits per heavy atom. The van der Waals surface area contributed by atoms with E-state index in [1.807, 2.05) is 6.92 Å². The van der Waals surface area contributed by atoms with E-state index in [0.717, 1.165) is 70.6 Å². The fraction of sp³-hybridized carbons (Fsp3) is 0.875. The van der Waals surface area contributed by atoms with Gasteiger partial charge in [-0.25, -0.2) is 0 Å². The van der Waals surface area contributed by atoms with Gasteiger partial charge < -0.3 is 15.2 Å². The molecule has 0 heterocycles. The Kier molecular flexibility index (Phi) is 15.3. The van der Waals surface area contributed by atoms with E-state index < -0.39 is 0 Å². The van der Waals surface area contributed by atoms with Gasteiger partial charge in [0.25, 0.3) is 0 Å². The third kappa shape index (κ3) is 17.3. The summed E-state index contributed by atoms with van der Waals surface area (Å²) in [6, 6.07) is 0. The van der Waals surface area contributed by atoms with E-state index in [4.69, 9.17) is 15.2 Å². The fourth-order valence-corrected chi connectivity index (χ4v) is 3.62. The van der Waals surface area contributed by atoms with Crippen LogP contribution in [0.3, 0.4) is 0 Å². The van der Waals surface area contributed by atoms with Gasteiger partial charge in [-0.3, -0.25) is 14.4 Å². The van der Waals surface area contributed by atoms with Crippen LogP contribution >= 0.6 is 0 Å². The summed E-state index contributed by atoms with van der Waals surface area (Å²) in [5, 5.41) is 0. The number of ether oxygens (including phenoxy) is 2. The van der Waals surface area contributed by atoms with Crippen LogP contribution in [0.5, 0.6) is 0 Å². The molecule has 2 unspecified atom stereocenters. The van der Waals surface area contributed by atoms with E-state index in [-0.39, 0.29) is 35.3 Å². The Balaban J connectivity index is 4.18. The normalized spacial score (nSPS) is 13.5. The van der Waals surface area contributed by atoms with Crippen molar-refractivity contribution in [2.24, 2.45) is 17.1 Å². The highest BCUT2D eigenvalue weighted by Crippen LogP contribution is 2.25. The van der Waals surface area contributed by atoms with E-state index in [1.54, 1.807) is 0 Å².